The predicted octanol–water partition coefficient (Wildman–Crippen LogP) is 3.94. The summed E-state index contributed by atoms with van der Waals surface area (Å²) in [5, 5.41) is 3.48. The highest BCUT2D eigenvalue weighted by Gasteiger charge is 2.26. The number of ether oxygens (including phenoxy) is 5. The highest BCUT2D eigenvalue weighted by Crippen LogP contribution is 2.41. The highest BCUT2D eigenvalue weighted by atomic mass is 32.2. The van der Waals surface area contributed by atoms with Crippen molar-refractivity contribution >= 4 is 39.8 Å². The normalized spacial score (nSPS) is 13.2. The van der Waals surface area contributed by atoms with Gasteiger partial charge in [-0.05, 0) is 23.8 Å². The second-order valence-electron chi connectivity index (χ2n) is 9.42. The van der Waals surface area contributed by atoms with E-state index in [2.05, 4.69) is 30.0 Å². The molecule has 0 spiro atoms. The first-order valence-corrected chi connectivity index (χ1v) is 15.6. The Kier molecular flexibility index (Phi) is 10.8. The molecule has 2 aromatic heterocycles. The first-order chi connectivity index (χ1) is 22.4. The second kappa shape index (κ2) is 15.5. The van der Waals surface area contributed by atoms with Crippen LogP contribution in [0, 0.1) is 0 Å². The quantitative estimate of drug-likeness (QED) is 0.199. The fraction of sp³-hybridized carbons (Fsp3) is 0.233. The second-order valence-corrected chi connectivity index (χ2v) is 11.0. The predicted molar refractivity (Wildman–Crippen MR) is 169 cm³/mol. The van der Waals surface area contributed by atoms with E-state index in [-0.39, 0.29) is 48.2 Å². The number of benzene rings is 2. The lowest BCUT2D eigenvalue weighted by molar-refractivity contribution is 0.121. The summed E-state index contributed by atoms with van der Waals surface area (Å²) < 4.78 is 57.3. The van der Waals surface area contributed by atoms with Crippen molar-refractivity contribution in [3.8, 4) is 23.1 Å². The largest absolute Gasteiger partial charge is 0.493 e. The minimum atomic E-state index is -4.11. The molecule has 4 aromatic rings. The van der Waals surface area contributed by atoms with E-state index in [0.29, 0.717) is 37.6 Å². The summed E-state index contributed by atoms with van der Waals surface area (Å²) in [7, 11) is -2.64. The van der Waals surface area contributed by atoms with Gasteiger partial charge in [-0.3, -0.25) is 15.0 Å². The molecule has 0 aliphatic carbocycles. The number of para-hydroxylation sites is 2. The summed E-state index contributed by atoms with van der Waals surface area (Å²) in [5.41, 5.74) is 0.683. The third-order valence-corrected chi connectivity index (χ3v) is 7.20. The van der Waals surface area contributed by atoms with E-state index in [4.69, 9.17) is 23.7 Å². The first kappa shape index (κ1) is 31.9. The number of amides is 1. The van der Waals surface area contributed by atoms with Gasteiger partial charge in [-0.2, -0.15) is 9.97 Å². The molecule has 5 rings (SSSR count). The Hall–Kier alpha value is -5.48. The van der Waals surface area contributed by atoms with Gasteiger partial charge in [0.2, 0.25) is 11.7 Å². The molecule has 1 fully saturated rings. The molecule has 0 atom stereocenters. The van der Waals surface area contributed by atoms with E-state index in [9.17, 15) is 13.2 Å². The number of nitrogens with one attached hydrogen (secondary N) is 2. The summed E-state index contributed by atoms with van der Waals surface area (Å²) >= 11 is 0. The molecule has 1 amide bonds. The van der Waals surface area contributed by atoms with Crippen LogP contribution in [-0.4, -0.2) is 81.1 Å². The molecule has 2 N–H and O–H groups in total. The third kappa shape index (κ3) is 9.02. The topological polar surface area (TPSA) is 176 Å². The van der Waals surface area contributed by atoms with E-state index in [0.717, 1.165) is 5.41 Å². The zero-order chi connectivity index (χ0) is 32.2. The minimum Gasteiger partial charge on any atom is -0.493 e. The van der Waals surface area contributed by atoms with Gasteiger partial charge in [0.05, 0.1) is 31.9 Å². The van der Waals surface area contributed by atoms with Crippen LogP contribution in [0.3, 0.4) is 0 Å². The van der Waals surface area contributed by atoms with Gasteiger partial charge in [0.15, 0.2) is 23.1 Å². The van der Waals surface area contributed by atoms with Crippen molar-refractivity contribution in [1.29, 1.82) is 0 Å². The Bertz CT molecular complexity index is 1740. The summed E-state index contributed by atoms with van der Waals surface area (Å²) in [6, 6.07) is 15.7. The number of carbonyl (C=O) groups excluding carboxylic acids is 1. The number of rotatable bonds is 13. The molecule has 240 valence electrons. The van der Waals surface area contributed by atoms with Crippen molar-refractivity contribution in [2.24, 2.45) is 0 Å². The zero-order valence-electron chi connectivity index (χ0n) is 24.7. The van der Waals surface area contributed by atoms with E-state index in [1.54, 1.807) is 48.5 Å². The number of anilines is 3. The molecule has 1 aliphatic rings. The molecular formula is C30H31N7O8S. The van der Waals surface area contributed by atoms with Crippen LogP contribution in [0.4, 0.5) is 22.4 Å². The number of carbonyl (C=O) groups is 1. The van der Waals surface area contributed by atoms with E-state index in [1.165, 1.54) is 31.8 Å². The maximum Gasteiger partial charge on any atom is 0.412 e. The number of hydrogen-bond donors (Lipinski definition) is 2. The Morgan fingerprint density at radius 2 is 1.76 bits per heavy atom. The molecule has 2 aromatic carbocycles. The fourth-order valence-corrected chi connectivity index (χ4v) is 4.89. The lowest BCUT2D eigenvalue weighted by Gasteiger charge is -2.28. The Morgan fingerprint density at radius 1 is 1.00 bits per heavy atom. The monoisotopic (exact) mass is 649 g/mol. The van der Waals surface area contributed by atoms with Crippen molar-refractivity contribution in [2.45, 2.75) is 0 Å². The first-order valence-electron chi connectivity index (χ1n) is 14.0. The van der Waals surface area contributed by atoms with Crippen LogP contribution < -0.4 is 29.1 Å². The van der Waals surface area contributed by atoms with E-state index >= 15 is 0 Å². The molecule has 3 heterocycles. The van der Waals surface area contributed by atoms with E-state index in [1.807, 2.05) is 11.0 Å². The minimum absolute atomic E-state index is 0.106. The number of nitrogens with zero attached hydrogens (tertiary/aromatic N) is 5. The molecular weight excluding hydrogens is 618 g/mol. The lowest BCUT2D eigenvalue weighted by atomic mass is 10.2. The van der Waals surface area contributed by atoms with Crippen molar-refractivity contribution in [1.82, 2.24) is 19.9 Å². The number of morpholine rings is 1. The molecule has 0 saturated carbocycles. The van der Waals surface area contributed by atoms with Gasteiger partial charge in [-0.1, -0.05) is 42.5 Å². The summed E-state index contributed by atoms with van der Waals surface area (Å²) in [5.74, 6) is 0.579. The van der Waals surface area contributed by atoms with Gasteiger partial charge in [0.1, 0.15) is 13.2 Å². The molecule has 16 heteroatoms. The van der Waals surface area contributed by atoms with Crippen LogP contribution >= 0.6 is 0 Å². The highest BCUT2D eigenvalue weighted by molar-refractivity contribution is 7.95. The molecule has 1 aliphatic heterocycles. The summed E-state index contributed by atoms with van der Waals surface area (Å²) in [6.07, 6.45) is 4.94. The fourth-order valence-electron chi connectivity index (χ4n) is 4.07. The number of hydrogen-bond acceptors (Lipinski definition) is 13. The Morgan fingerprint density at radius 3 is 2.50 bits per heavy atom. The maximum atomic E-state index is 13.3. The standard InChI is InChI=1S/C30H31N7O8S/c1-41-23-9-5-6-10-24(23)45-26-27(36-46(39,40)20-11-22-7-3-2-4-8-22)34-29(37-14-16-42-17-15-37)35-28(26)43-18-19-44-30(38)33-25-21-31-12-13-32-25/h2-13,20-21H,14-19H2,1H3,(H,32,33,38)(H,34,35,36). The van der Waals surface area contributed by atoms with Crippen LogP contribution in [0.1, 0.15) is 5.56 Å². The van der Waals surface area contributed by atoms with Crippen LogP contribution in [0.2, 0.25) is 0 Å². The molecule has 1 saturated heterocycles. The molecule has 0 unspecified atom stereocenters. The van der Waals surface area contributed by atoms with Crippen LogP contribution in [-0.2, 0) is 19.5 Å². The summed E-state index contributed by atoms with van der Waals surface area (Å²) in [4.78, 5) is 31.0. The van der Waals surface area contributed by atoms with Crippen molar-refractivity contribution in [2.75, 3.05) is 61.6 Å². The molecule has 15 nitrogen and oxygen atoms in total. The van der Waals surface area contributed by atoms with Gasteiger partial charge in [-0.25, -0.2) is 18.2 Å². The average Bonchev–Trinajstić information content (AvgIpc) is 3.08. The van der Waals surface area contributed by atoms with E-state index < -0.39 is 16.1 Å². The molecule has 0 bridgehead atoms. The Balaban J connectivity index is 1.45. The van der Waals surface area contributed by atoms with Gasteiger partial charge >= 0.3 is 6.09 Å². The van der Waals surface area contributed by atoms with Crippen LogP contribution in [0.15, 0.2) is 78.6 Å². The van der Waals surface area contributed by atoms with Crippen molar-refractivity contribution in [3.63, 3.8) is 0 Å². The van der Waals surface area contributed by atoms with Crippen molar-refractivity contribution < 1.29 is 36.9 Å². The van der Waals surface area contributed by atoms with Crippen molar-refractivity contribution in [3.05, 3.63) is 84.2 Å². The van der Waals surface area contributed by atoms with Gasteiger partial charge in [0, 0.05) is 25.5 Å². The number of methoxy groups -OCH3 is 1. The number of sulfonamides is 1. The van der Waals surface area contributed by atoms with Gasteiger partial charge in [-0.15, -0.1) is 0 Å². The Labute approximate surface area is 265 Å². The van der Waals surface area contributed by atoms with Crippen LogP contribution in [0.5, 0.6) is 23.1 Å². The maximum absolute atomic E-state index is 13.3. The smallest absolute Gasteiger partial charge is 0.412 e. The lowest BCUT2D eigenvalue weighted by Crippen LogP contribution is -2.37. The third-order valence-electron chi connectivity index (χ3n) is 6.22. The van der Waals surface area contributed by atoms with Gasteiger partial charge < -0.3 is 28.6 Å². The van der Waals surface area contributed by atoms with Crippen LogP contribution in [0.25, 0.3) is 6.08 Å². The van der Waals surface area contributed by atoms with Gasteiger partial charge in [0.25, 0.3) is 15.9 Å². The molecule has 0 radical (unpaired) electrons. The molecule has 46 heavy (non-hydrogen) atoms. The average molecular weight is 650 g/mol. The SMILES string of the molecule is COc1ccccc1Oc1c(NS(=O)(=O)C=Cc2ccccc2)nc(N2CCOCC2)nc1OCCOC(=O)Nc1cnccn1. The number of aromatic nitrogens is 4. The summed E-state index contributed by atoms with van der Waals surface area (Å²) in [6.45, 7) is 1.40. The zero-order valence-corrected chi connectivity index (χ0v) is 25.6.